The van der Waals surface area contributed by atoms with Gasteiger partial charge in [0.2, 0.25) is 5.91 Å². The van der Waals surface area contributed by atoms with Crippen LogP contribution >= 0.6 is 11.6 Å². The van der Waals surface area contributed by atoms with E-state index in [4.69, 9.17) is 26.8 Å². The van der Waals surface area contributed by atoms with Crippen LogP contribution in [0.4, 0.5) is 0 Å². The highest BCUT2D eigenvalue weighted by Gasteiger charge is 2.37. The first-order valence-electron chi connectivity index (χ1n) is 8.25. The topological polar surface area (TPSA) is 92.3 Å². The first kappa shape index (κ1) is 16.8. The van der Waals surface area contributed by atoms with Crippen LogP contribution in [0.25, 0.3) is 16.7 Å². The summed E-state index contributed by atoms with van der Waals surface area (Å²) in [5.41, 5.74) is 7.07. The largest absolute Gasteiger partial charge is 0.493 e. The maximum absolute atomic E-state index is 11.5. The molecule has 134 valence electrons. The van der Waals surface area contributed by atoms with Crippen molar-refractivity contribution in [1.82, 2.24) is 14.5 Å². The quantitative estimate of drug-likeness (QED) is 0.743. The second-order valence-electron chi connectivity index (χ2n) is 6.05. The van der Waals surface area contributed by atoms with Crippen molar-refractivity contribution in [2.75, 3.05) is 13.2 Å². The first-order chi connectivity index (χ1) is 12.6. The Morgan fingerprint density at radius 3 is 2.92 bits per heavy atom. The normalized spacial score (nSPS) is 19.3. The molecule has 3 heterocycles. The fraction of sp³-hybridized carbons (Fsp3) is 0.278. The molecule has 2 N–H and O–H groups in total. The maximum Gasteiger partial charge on any atom is 0.225 e. The number of ether oxygens (including phenoxy) is 2. The Balaban J connectivity index is 1.79. The zero-order valence-electron chi connectivity index (χ0n) is 14.1. The van der Waals surface area contributed by atoms with Gasteiger partial charge in [0.1, 0.15) is 23.0 Å². The van der Waals surface area contributed by atoms with Crippen LogP contribution in [0.15, 0.2) is 36.8 Å². The van der Waals surface area contributed by atoms with Gasteiger partial charge < -0.3 is 15.2 Å². The van der Waals surface area contributed by atoms with Gasteiger partial charge in [0.15, 0.2) is 0 Å². The number of halogens is 1. The van der Waals surface area contributed by atoms with Crippen molar-refractivity contribution in [3.63, 3.8) is 0 Å². The fourth-order valence-corrected chi connectivity index (χ4v) is 3.20. The summed E-state index contributed by atoms with van der Waals surface area (Å²) in [5.74, 6) is 0.692. The molecule has 1 amide bonds. The third-order valence-electron chi connectivity index (χ3n) is 4.41. The standard InChI is InChI=1S/C18H17ClN4O3/c1-2-25-14-6-16(23-7-15(19)21-9-23)22-13-4-3-10(5-11(13)14)17-12(8-26-17)18(20)24/h3-7,9,12,17H,2,8H2,1H3,(H2,20,24). The summed E-state index contributed by atoms with van der Waals surface area (Å²) in [6, 6.07) is 7.56. The summed E-state index contributed by atoms with van der Waals surface area (Å²) in [6.45, 7) is 2.79. The SMILES string of the molecule is CCOc1cc(-n2cnc(Cl)c2)nc2ccc(C3OCC3C(N)=O)cc12. The fourth-order valence-electron chi connectivity index (χ4n) is 3.06. The van der Waals surface area contributed by atoms with Gasteiger partial charge in [-0.1, -0.05) is 17.7 Å². The Morgan fingerprint density at radius 2 is 2.31 bits per heavy atom. The molecule has 0 spiro atoms. The molecule has 4 rings (SSSR count). The molecule has 1 aromatic carbocycles. The minimum absolute atomic E-state index is 0.302. The van der Waals surface area contributed by atoms with Crippen LogP contribution in [-0.2, 0) is 9.53 Å². The van der Waals surface area contributed by atoms with Crippen molar-refractivity contribution < 1.29 is 14.3 Å². The number of aromatic nitrogens is 3. The van der Waals surface area contributed by atoms with Gasteiger partial charge in [0.05, 0.1) is 30.8 Å². The highest BCUT2D eigenvalue weighted by molar-refractivity contribution is 6.29. The van der Waals surface area contributed by atoms with E-state index in [-0.39, 0.29) is 17.9 Å². The molecule has 1 saturated heterocycles. The highest BCUT2D eigenvalue weighted by Crippen LogP contribution is 2.38. The molecule has 1 aliphatic heterocycles. The van der Waals surface area contributed by atoms with Gasteiger partial charge in [-0.15, -0.1) is 0 Å². The van der Waals surface area contributed by atoms with E-state index in [1.54, 1.807) is 17.1 Å². The van der Waals surface area contributed by atoms with Crippen LogP contribution in [0.5, 0.6) is 5.75 Å². The summed E-state index contributed by atoms with van der Waals surface area (Å²) in [4.78, 5) is 20.2. The molecule has 1 fully saturated rings. The van der Waals surface area contributed by atoms with E-state index >= 15 is 0 Å². The lowest BCUT2D eigenvalue weighted by Crippen LogP contribution is -2.42. The Hall–Kier alpha value is -2.64. The van der Waals surface area contributed by atoms with Crippen molar-refractivity contribution in [2.24, 2.45) is 11.7 Å². The molecule has 0 radical (unpaired) electrons. The lowest BCUT2D eigenvalue weighted by Gasteiger charge is -2.35. The number of primary amides is 1. The molecular formula is C18H17ClN4O3. The summed E-state index contributed by atoms with van der Waals surface area (Å²) >= 11 is 5.90. The average Bonchev–Trinajstić information content (AvgIpc) is 3.00. The number of carbonyl (C=O) groups is 1. The van der Waals surface area contributed by atoms with Crippen LogP contribution in [-0.4, -0.2) is 33.7 Å². The van der Waals surface area contributed by atoms with E-state index in [0.29, 0.717) is 29.9 Å². The van der Waals surface area contributed by atoms with Crippen molar-refractivity contribution in [1.29, 1.82) is 0 Å². The van der Waals surface area contributed by atoms with Crippen LogP contribution in [0.2, 0.25) is 5.15 Å². The zero-order chi connectivity index (χ0) is 18.3. The van der Waals surface area contributed by atoms with E-state index in [1.807, 2.05) is 31.2 Å². The second-order valence-corrected chi connectivity index (χ2v) is 6.44. The number of benzene rings is 1. The van der Waals surface area contributed by atoms with E-state index < -0.39 is 0 Å². The summed E-state index contributed by atoms with van der Waals surface area (Å²) in [5, 5.41) is 1.23. The maximum atomic E-state index is 11.5. The van der Waals surface area contributed by atoms with E-state index in [2.05, 4.69) is 9.97 Å². The lowest BCUT2D eigenvalue weighted by molar-refractivity contribution is -0.154. The summed E-state index contributed by atoms with van der Waals surface area (Å²) in [6.07, 6.45) is 2.96. The van der Waals surface area contributed by atoms with Crippen LogP contribution in [0.3, 0.4) is 0 Å². The molecule has 0 saturated carbocycles. The van der Waals surface area contributed by atoms with Crippen molar-refractivity contribution in [3.8, 4) is 11.6 Å². The lowest BCUT2D eigenvalue weighted by atomic mass is 9.90. The third kappa shape index (κ3) is 2.89. The third-order valence-corrected chi connectivity index (χ3v) is 4.61. The number of hydrogen-bond donors (Lipinski definition) is 1. The van der Waals surface area contributed by atoms with Gasteiger partial charge in [-0.05, 0) is 24.6 Å². The minimum atomic E-state index is -0.350. The number of imidazole rings is 1. The molecule has 26 heavy (non-hydrogen) atoms. The smallest absolute Gasteiger partial charge is 0.225 e. The van der Waals surface area contributed by atoms with Gasteiger partial charge in [-0.25, -0.2) is 9.97 Å². The zero-order valence-corrected chi connectivity index (χ0v) is 14.8. The van der Waals surface area contributed by atoms with Gasteiger partial charge in [0, 0.05) is 17.6 Å². The molecule has 7 nitrogen and oxygen atoms in total. The highest BCUT2D eigenvalue weighted by atomic mass is 35.5. The number of nitrogens with zero attached hydrogens (tertiary/aromatic N) is 3. The monoisotopic (exact) mass is 372 g/mol. The number of hydrogen-bond acceptors (Lipinski definition) is 5. The number of pyridine rings is 1. The summed E-state index contributed by atoms with van der Waals surface area (Å²) in [7, 11) is 0. The van der Waals surface area contributed by atoms with E-state index in [9.17, 15) is 4.79 Å². The number of rotatable bonds is 5. The van der Waals surface area contributed by atoms with Gasteiger partial charge in [-0.3, -0.25) is 9.36 Å². The number of nitrogens with two attached hydrogens (primary N) is 1. The molecule has 2 aromatic heterocycles. The second kappa shape index (κ2) is 6.59. The molecule has 1 aliphatic rings. The average molecular weight is 373 g/mol. The Labute approximate surface area is 154 Å². The van der Waals surface area contributed by atoms with Crippen LogP contribution in [0, 0.1) is 5.92 Å². The van der Waals surface area contributed by atoms with Gasteiger partial charge in [0.25, 0.3) is 0 Å². The molecule has 2 unspecified atom stereocenters. The summed E-state index contributed by atoms with van der Waals surface area (Å²) < 4.78 is 13.1. The number of carbonyl (C=O) groups excluding carboxylic acids is 1. The molecule has 8 heteroatoms. The minimum Gasteiger partial charge on any atom is -0.493 e. The van der Waals surface area contributed by atoms with Crippen molar-refractivity contribution in [2.45, 2.75) is 13.0 Å². The Bertz CT molecular complexity index is 988. The first-order valence-corrected chi connectivity index (χ1v) is 8.63. The predicted molar refractivity (Wildman–Crippen MR) is 96.4 cm³/mol. The van der Waals surface area contributed by atoms with Crippen LogP contribution in [0.1, 0.15) is 18.6 Å². The van der Waals surface area contributed by atoms with E-state index in [0.717, 1.165) is 16.5 Å². The van der Waals surface area contributed by atoms with Crippen molar-refractivity contribution >= 4 is 28.4 Å². The molecular weight excluding hydrogens is 356 g/mol. The van der Waals surface area contributed by atoms with Crippen molar-refractivity contribution in [3.05, 3.63) is 47.5 Å². The van der Waals surface area contributed by atoms with Crippen LogP contribution < -0.4 is 10.5 Å². The van der Waals surface area contributed by atoms with Gasteiger partial charge >= 0.3 is 0 Å². The number of fused-ring (bicyclic) bond motifs is 1. The van der Waals surface area contributed by atoms with E-state index in [1.165, 1.54) is 0 Å². The Kier molecular flexibility index (Phi) is 4.26. The molecule has 0 aliphatic carbocycles. The predicted octanol–water partition coefficient (Wildman–Crippen LogP) is 2.65. The Morgan fingerprint density at radius 1 is 1.46 bits per heavy atom. The molecule has 2 atom stereocenters. The molecule has 0 bridgehead atoms. The number of amides is 1. The molecule has 3 aromatic rings. The van der Waals surface area contributed by atoms with Gasteiger partial charge in [-0.2, -0.15) is 0 Å².